The first kappa shape index (κ1) is 20.7. The minimum atomic E-state index is -1.24. The van der Waals surface area contributed by atoms with Crippen LogP contribution in [0.3, 0.4) is 0 Å². The number of fused-ring (bicyclic) bond motifs is 2. The number of carbonyl (C=O) groups is 1. The van der Waals surface area contributed by atoms with E-state index in [9.17, 15) is 4.79 Å². The lowest BCUT2D eigenvalue weighted by Gasteiger charge is -2.34. The molecule has 3 unspecified atom stereocenters. The summed E-state index contributed by atoms with van der Waals surface area (Å²) in [6.07, 6.45) is 10.1. The summed E-state index contributed by atoms with van der Waals surface area (Å²) in [6.45, 7) is 1.84. The first-order valence-electron chi connectivity index (χ1n) is 10.5. The van der Waals surface area contributed by atoms with Crippen LogP contribution in [0.25, 0.3) is 0 Å². The highest BCUT2D eigenvalue weighted by Gasteiger charge is 2.40. The van der Waals surface area contributed by atoms with Crippen LogP contribution in [0.1, 0.15) is 37.7 Å². The quantitative estimate of drug-likeness (QED) is 0.392. The van der Waals surface area contributed by atoms with Crippen molar-refractivity contribution in [3.05, 3.63) is 57.8 Å². The molecule has 0 spiro atoms. The van der Waals surface area contributed by atoms with Crippen LogP contribution in [0, 0.1) is 17.8 Å². The van der Waals surface area contributed by atoms with Gasteiger partial charge in [0, 0.05) is 18.1 Å². The van der Waals surface area contributed by atoms with Crippen LogP contribution in [-0.4, -0.2) is 35.0 Å². The maximum Gasteiger partial charge on any atom is 0.511 e. The van der Waals surface area contributed by atoms with Gasteiger partial charge in [-0.25, -0.2) is 4.79 Å². The van der Waals surface area contributed by atoms with E-state index in [0.717, 1.165) is 59.5 Å². The SMILES string of the molecule is O=C(O)OC1=C(SCCCc2ccc(Cl)cc2)N(CC2CC3CCC2C3)CC=C1. The maximum atomic E-state index is 11.2. The highest BCUT2D eigenvalue weighted by Crippen LogP contribution is 2.49. The Bertz CT molecular complexity index is 792. The Morgan fingerprint density at radius 2 is 2.07 bits per heavy atom. The number of benzene rings is 1. The van der Waals surface area contributed by atoms with Crippen molar-refractivity contribution in [2.45, 2.75) is 38.5 Å². The average molecular weight is 434 g/mol. The molecule has 1 heterocycles. The third-order valence-electron chi connectivity index (χ3n) is 6.39. The van der Waals surface area contributed by atoms with E-state index in [1.54, 1.807) is 11.8 Å². The third-order valence-corrected chi connectivity index (χ3v) is 7.87. The molecule has 2 bridgehead atoms. The molecule has 6 heteroatoms. The zero-order valence-corrected chi connectivity index (χ0v) is 18.1. The smallest absolute Gasteiger partial charge is 0.449 e. The lowest BCUT2D eigenvalue weighted by atomic mass is 9.88. The summed E-state index contributed by atoms with van der Waals surface area (Å²) >= 11 is 7.68. The molecule has 1 aromatic rings. The van der Waals surface area contributed by atoms with Crippen molar-refractivity contribution >= 4 is 29.5 Å². The van der Waals surface area contributed by atoms with Crippen molar-refractivity contribution < 1.29 is 14.6 Å². The molecule has 29 heavy (non-hydrogen) atoms. The molecular weight excluding hydrogens is 406 g/mol. The van der Waals surface area contributed by atoms with Crippen LogP contribution in [0.15, 0.2) is 47.2 Å². The topological polar surface area (TPSA) is 49.8 Å². The van der Waals surface area contributed by atoms with Crippen LogP contribution >= 0.6 is 23.4 Å². The number of allylic oxidation sites excluding steroid dienone is 1. The molecule has 0 saturated heterocycles. The number of nitrogens with zero attached hydrogens (tertiary/aromatic N) is 1. The predicted molar refractivity (Wildman–Crippen MR) is 118 cm³/mol. The van der Waals surface area contributed by atoms with Crippen molar-refractivity contribution in [2.24, 2.45) is 17.8 Å². The van der Waals surface area contributed by atoms with Gasteiger partial charge in [0.2, 0.25) is 0 Å². The van der Waals surface area contributed by atoms with E-state index < -0.39 is 6.16 Å². The Morgan fingerprint density at radius 3 is 2.76 bits per heavy atom. The summed E-state index contributed by atoms with van der Waals surface area (Å²) in [5, 5.41) is 10.9. The van der Waals surface area contributed by atoms with Gasteiger partial charge < -0.3 is 14.7 Å². The Hall–Kier alpha value is -1.59. The van der Waals surface area contributed by atoms with E-state index in [0.29, 0.717) is 5.76 Å². The van der Waals surface area contributed by atoms with Crippen molar-refractivity contribution in [1.29, 1.82) is 0 Å². The van der Waals surface area contributed by atoms with Crippen LogP contribution in [0.4, 0.5) is 4.79 Å². The van der Waals surface area contributed by atoms with Crippen molar-refractivity contribution in [3.63, 3.8) is 0 Å². The fourth-order valence-corrected chi connectivity index (χ4v) is 6.26. The van der Waals surface area contributed by atoms with Crippen LogP contribution in [0.2, 0.25) is 5.02 Å². The number of carboxylic acid groups (broad SMARTS) is 1. The maximum absolute atomic E-state index is 11.2. The first-order valence-corrected chi connectivity index (χ1v) is 11.9. The van der Waals surface area contributed by atoms with Crippen molar-refractivity contribution in [1.82, 2.24) is 4.90 Å². The summed E-state index contributed by atoms with van der Waals surface area (Å²) in [4.78, 5) is 13.5. The van der Waals surface area contributed by atoms with Crippen LogP contribution < -0.4 is 0 Å². The normalized spacial score (nSPS) is 25.7. The summed E-state index contributed by atoms with van der Waals surface area (Å²) in [5.74, 6) is 3.90. The van der Waals surface area contributed by atoms with Gasteiger partial charge in [-0.1, -0.05) is 36.2 Å². The van der Waals surface area contributed by atoms with Gasteiger partial charge in [0.05, 0.1) is 0 Å². The molecule has 2 aliphatic carbocycles. The monoisotopic (exact) mass is 433 g/mol. The number of hydrogen-bond donors (Lipinski definition) is 1. The van der Waals surface area contributed by atoms with E-state index in [4.69, 9.17) is 21.4 Å². The molecule has 0 aromatic heterocycles. The predicted octanol–water partition coefficient (Wildman–Crippen LogP) is 6.18. The van der Waals surface area contributed by atoms with Gasteiger partial charge in [-0.05, 0) is 79.4 Å². The number of ether oxygens (including phenoxy) is 1. The van der Waals surface area contributed by atoms with Gasteiger partial charge in [-0.2, -0.15) is 0 Å². The second kappa shape index (κ2) is 9.48. The van der Waals surface area contributed by atoms with Gasteiger partial charge in [0.25, 0.3) is 0 Å². The fraction of sp³-hybridized carbons (Fsp3) is 0.522. The minimum absolute atomic E-state index is 0.475. The highest BCUT2D eigenvalue weighted by molar-refractivity contribution is 8.03. The summed E-state index contributed by atoms with van der Waals surface area (Å²) in [6, 6.07) is 7.98. The molecule has 3 aliphatic rings. The Morgan fingerprint density at radius 1 is 1.24 bits per heavy atom. The zero-order valence-electron chi connectivity index (χ0n) is 16.6. The molecule has 156 valence electrons. The summed E-state index contributed by atoms with van der Waals surface area (Å²) < 4.78 is 5.12. The van der Waals surface area contributed by atoms with E-state index in [1.165, 1.54) is 31.2 Å². The lowest BCUT2D eigenvalue weighted by molar-refractivity contribution is 0.118. The van der Waals surface area contributed by atoms with Gasteiger partial charge in [0.15, 0.2) is 5.76 Å². The molecule has 1 N–H and O–H groups in total. The average Bonchev–Trinajstić information content (AvgIpc) is 3.31. The number of halogens is 1. The van der Waals surface area contributed by atoms with Crippen molar-refractivity contribution in [2.75, 3.05) is 18.8 Å². The molecule has 3 atom stereocenters. The Kier molecular flexibility index (Phi) is 6.76. The Labute approximate surface area is 181 Å². The minimum Gasteiger partial charge on any atom is -0.449 e. The number of aryl methyl sites for hydroxylation is 1. The molecule has 0 radical (unpaired) electrons. The summed E-state index contributed by atoms with van der Waals surface area (Å²) in [5.41, 5.74) is 1.27. The highest BCUT2D eigenvalue weighted by atomic mass is 35.5. The molecule has 1 aromatic carbocycles. The van der Waals surface area contributed by atoms with Gasteiger partial charge in [-0.15, -0.1) is 11.8 Å². The molecular formula is C23H28ClNO3S. The van der Waals surface area contributed by atoms with Crippen LogP contribution in [-0.2, 0) is 11.2 Å². The van der Waals surface area contributed by atoms with Crippen LogP contribution in [0.5, 0.6) is 0 Å². The fourth-order valence-electron chi connectivity index (χ4n) is 5.07. The zero-order chi connectivity index (χ0) is 20.2. The van der Waals surface area contributed by atoms with E-state index in [2.05, 4.69) is 17.0 Å². The van der Waals surface area contributed by atoms with E-state index in [1.807, 2.05) is 24.3 Å². The molecule has 1 aliphatic heterocycles. The van der Waals surface area contributed by atoms with E-state index in [-0.39, 0.29) is 0 Å². The van der Waals surface area contributed by atoms with Gasteiger partial charge >= 0.3 is 6.16 Å². The third kappa shape index (κ3) is 5.32. The lowest BCUT2D eigenvalue weighted by Crippen LogP contribution is -2.33. The molecule has 2 saturated carbocycles. The molecule has 0 amide bonds. The largest absolute Gasteiger partial charge is 0.511 e. The molecule has 2 fully saturated rings. The number of thioether (sulfide) groups is 1. The molecule has 4 nitrogen and oxygen atoms in total. The molecule has 4 rings (SSSR count). The number of hydrogen-bond acceptors (Lipinski definition) is 4. The van der Waals surface area contributed by atoms with Crippen molar-refractivity contribution in [3.8, 4) is 0 Å². The first-order chi connectivity index (χ1) is 14.1. The van der Waals surface area contributed by atoms with E-state index >= 15 is 0 Å². The second-order valence-electron chi connectivity index (χ2n) is 8.36. The number of rotatable bonds is 8. The summed E-state index contributed by atoms with van der Waals surface area (Å²) in [7, 11) is 0. The van der Waals surface area contributed by atoms with Gasteiger partial charge in [0.1, 0.15) is 5.03 Å². The second-order valence-corrected chi connectivity index (χ2v) is 9.88. The van der Waals surface area contributed by atoms with Gasteiger partial charge in [-0.3, -0.25) is 0 Å². The Balaban J connectivity index is 1.38. The standard InChI is InChI=1S/C23H28ClNO3S/c24-20-9-6-16(7-10-20)3-2-12-29-22-21(28-23(26)27)4-1-11-25(22)15-19-14-17-5-8-18(19)13-17/h1,4,6-7,9-10,17-19H,2-3,5,8,11-15H2,(H,26,27).